The van der Waals surface area contributed by atoms with Crippen LogP contribution in [0.4, 0.5) is 5.69 Å². The molecular formula is C21H19N3O2S2. The number of nitrogens with zero attached hydrogens (tertiary/aromatic N) is 2. The highest BCUT2D eigenvalue weighted by molar-refractivity contribution is 7.92. The fourth-order valence-corrected chi connectivity index (χ4v) is 4.95. The van der Waals surface area contributed by atoms with Gasteiger partial charge in [0, 0.05) is 11.8 Å². The number of nitrogens with one attached hydrogen (secondary N) is 1. The first-order valence-electron chi connectivity index (χ1n) is 8.76. The molecule has 2 aromatic carbocycles. The standard InChI is InChI=1S/C21H19N3O2S2/c1-13-7-9-17(11-15(13)3)28(25,26)24-19-12-16(8-6-14(19)2)20-23-18-5-4-10-22-21(18)27-20/h4-12,24H,1-3H3. The molecular weight excluding hydrogens is 390 g/mol. The van der Waals surface area contributed by atoms with Crippen molar-refractivity contribution in [2.75, 3.05) is 4.72 Å². The third-order valence-corrected chi connectivity index (χ3v) is 7.08. The summed E-state index contributed by atoms with van der Waals surface area (Å²) in [6.07, 6.45) is 1.74. The molecule has 2 heterocycles. The van der Waals surface area contributed by atoms with Crippen LogP contribution in [0.5, 0.6) is 0 Å². The van der Waals surface area contributed by atoms with E-state index in [0.717, 1.165) is 37.6 Å². The van der Waals surface area contributed by atoms with Crippen LogP contribution in [-0.4, -0.2) is 18.4 Å². The van der Waals surface area contributed by atoms with Gasteiger partial charge in [-0.1, -0.05) is 29.5 Å². The van der Waals surface area contributed by atoms with Crippen LogP contribution in [0, 0.1) is 20.8 Å². The molecule has 0 radical (unpaired) electrons. The molecule has 0 spiro atoms. The summed E-state index contributed by atoms with van der Waals surface area (Å²) in [6, 6.07) is 14.6. The lowest BCUT2D eigenvalue weighted by atomic mass is 10.1. The molecule has 4 aromatic rings. The Morgan fingerprint density at radius 3 is 2.46 bits per heavy atom. The molecule has 0 aliphatic rings. The number of thiazole rings is 1. The van der Waals surface area contributed by atoms with E-state index in [4.69, 9.17) is 0 Å². The van der Waals surface area contributed by atoms with Gasteiger partial charge >= 0.3 is 0 Å². The summed E-state index contributed by atoms with van der Waals surface area (Å²) in [4.78, 5) is 10.0. The van der Waals surface area contributed by atoms with Crippen LogP contribution in [0.3, 0.4) is 0 Å². The van der Waals surface area contributed by atoms with E-state index < -0.39 is 10.0 Å². The van der Waals surface area contributed by atoms with Crippen LogP contribution in [-0.2, 0) is 10.0 Å². The van der Waals surface area contributed by atoms with Crippen LogP contribution in [0.25, 0.3) is 20.9 Å². The molecule has 142 valence electrons. The van der Waals surface area contributed by atoms with Crippen molar-refractivity contribution >= 4 is 37.4 Å². The van der Waals surface area contributed by atoms with Gasteiger partial charge in [0.25, 0.3) is 10.0 Å². The van der Waals surface area contributed by atoms with Gasteiger partial charge in [-0.2, -0.15) is 0 Å². The van der Waals surface area contributed by atoms with E-state index >= 15 is 0 Å². The van der Waals surface area contributed by atoms with Crippen molar-refractivity contribution in [2.45, 2.75) is 25.7 Å². The number of rotatable bonds is 4. The molecule has 28 heavy (non-hydrogen) atoms. The van der Waals surface area contributed by atoms with Gasteiger partial charge < -0.3 is 0 Å². The number of anilines is 1. The predicted molar refractivity (Wildman–Crippen MR) is 114 cm³/mol. The lowest BCUT2D eigenvalue weighted by molar-refractivity contribution is 0.601. The van der Waals surface area contributed by atoms with Crippen molar-refractivity contribution in [3.63, 3.8) is 0 Å². The second-order valence-electron chi connectivity index (χ2n) is 6.73. The zero-order chi connectivity index (χ0) is 19.9. The molecule has 0 fully saturated rings. The van der Waals surface area contributed by atoms with E-state index in [9.17, 15) is 8.42 Å². The number of fused-ring (bicyclic) bond motifs is 1. The maximum absolute atomic E-state index is 12.9. The molecule has 2 aromatic heterocycles. The van der Waals surface area contributed by atoms with E-state index in [1.165, 1.54) is 11.3 Å². The van der Waals surface area contributed by atoms with Crippen molar-refractivity contribution in [3.8, 4) is 10.6 Å². The molecule has 0 unspecified atom stereocenters. The van der Waals surface area contributed by atoms with E-state index in [1.807, 2.05) is 57.2 Å². The van der Waals surface area contributed by atoms with Crippen LogP contribution in [0.2, 0.25) is 0 Å². The smallest absolute Gasteiger partial charge is 0.261 e. The largest absolute Gasteiger partial charge is 0.279 e. The maximum atomic E-state index is 12.9. The molecule has 0 saturated carbocycles. The maximum Gasteiger partial charge on any atom is 0.261 e. The summed E-state index contributed by atoms with van der Waals surface area (Å²) in [5, 5.41) is 0.806. The first kappa shape index (κ1) is 18.6. The minimum Gasteiger partial charge on any atom is -0.279 e. The second kappa shape index (κ2) is 7.00. The number of aryl methyl sites for hydroxylation is 3. The van der Waals surface area contributed by atoms with Crippen LogP contribution < -0.4 is 4.72 Å². The molecule has 0 aliphatic heterocycles. The summed E-state index contributed by atoms with van der Waals surface area (Å²) in [6.45, 7) is 5.74. The number of sulfonamides is 1. The van der Waals surface area contributed by atoms with Gasteiger partial charge in [0.15, 0.2) is 0 Å². The first-order valence-corrected chi connectivity index (χ1v) is 11.1. The summed E-state index contributed by atoms with van der Waals surface area (Å²) < 4.78 is 28.5. The molecule has 0 amide bonds. The molecule has 5 nitrogen and oxygen atoms in total. The highest BCUT2D eigenvalue weighted by Gasteiger charge is 2.17. The fourth-order valence-electron chi connectivity index (χ4n) is 2.84. The van der Waals surface area contributed by atoms with Crippen LogP contribution >= 0.6 is 11.3 Å². The summed E-state index contributed by atoms with van der Waals surface area (Å²) in [7, 11) is -3.68. The first-order chi connectivity index (χ1) is 13.3. The fraction of sp³-hybridized carbons (Fsp3) is 0.143. The lowest BCUT2D eigenvalue weighted by Gasteiger charge is -2.13. The molecule has 7 heteroatoms. The normalized spacial score (nSPS) is 11.7. The average molecular weight is 410 g/mol. The average Bonchev–Trinajstić information content (AvgIpc) is 3.09. The monoisotopic (exact) mass is 409 g/mol. The van der Waals surface area contributed by atoms with Gasteiger partial charge in [0.1, 0.15) is 15.4 Å². The Labute approximate surface area is 168 Å². The minimum absolute atomic E-state index is 0.254. The van der Waals surface area contributed by atoms with E-state index in [-0.39, 0.29) is 4.90 Å². The Bertz CT molecular complexity index is 1260. The van der Waals surface area contributed by atoms with Crippen molar-refractivity contribution in [2.24, 2.45) is 0 Å². The number of pyridine rings is 1. The third kappa shape index (κ3) is 3.50. The van der Waals surface area contributed by atoms with E-state index in [0.29, 0.717) is 5.69 Å². The van der Waals surface area contributed by atoms with Gasteiger partial charge in [0.05, 0.1) is 10.6 Å². The SMILES string of the molecule is Cc1ccc(S(=O)(=O)Nc2cc(-c3nc4cccnc4s3)ccc2C)cc1C. The summed E-state index contributed by atoms with van der Waals surface area (Å²) >= 11 is 1.48. The number of hydrogen-bond acceptors (Lipinski definition) is 5. The minimum atomic E-state index is -3.68. The van der Waals surface area contributed by atoms with Gasteiger partial charge in [0.2, 0.25) is 0 Å². The zero-order valence-electron chi connectivity index (χ0n) is 15.7. The molecule has 0 aliphatic carbocycles. The van der Waals surface area contributed by atoms with Crippen molar-refractivity contribution in [3.05, 3.63) is 71.4 Å². The van der Waals surface area contributed by atoms with Gasteiger partial charge in [-0.05, 0) is 67.8 Å². The molecule has 1 N–H and O–H groups in total. The zero-order valence-corrected chi connectivity index (χ0v) is 17.4. The quantitative estimate of drug-likeness (QED) is 0.510. The Balaban J connectivity index is 1.71. The van der Waals surface area contributed by atoms with Crippen molar-refractivity contribution < 1.29 is 8.42 Å². The Kier molecular flexibility index (Phi) is 4.64. The molecule has 4 rings (SSSR count). The Morgan fingerprint density at radius 2 is 1.71 bits per heavy atom. The van der Waals surface area contributed by atoms with Gasteiger partial charge in [-0.25, -0.2) is 18.4 Å². The highest BCUT2D eigenvalue weighted by Crippen LogP contribution is 2.32. The van der Waals surface area contributed by atoms with Crippen LogP contribution in [0.15, 0.2) is 59.6 Å². The molecule has 0 bridgehead atoms. The predicted octanol–water partition coefficient (Wildman–Crippen LogP) is 5.08. The lowest BCUT2D eigenvalue weighted by Crippen LogP contribution is -2.14. The van der Waals surface area contributed by atoms with E-state index in [2.05, 4.69) is 14.7 Å². The Hall–Kier alpha value is -2.77. The molecule has 0 atom stereocenters. The van der Waals surface area contributed by atoms with Gasteiger partial charge in [-0.15, -0.1) is 0 Å². The van der Waals surface area contributed by atoms with Crippen LogP contribution in [0.1, 0.15) is 16.7 Å². The van der Waals surface area contributed by atoms with Crippen molar-refractivity contribution in [1.82, 2.24) is 9.97 Å². The topological polar surface area (TPSA) is 72.0 Å². The highest BCUT2D eigenvalue weighted by atomic mass is 32.2. The molecule has 0 saturated heterocycles. The summed E-state index contributed by atoms with van der Waals surface area (Å²) in [5.41, 5.74) is 5.07. The van der Waals surface area contributed by atoms with Gasteiger partial charge in [-0.3, -0.25) is 4.72 Å². The third-order valence-electron chi connectivity index (χ3n) is 4.68. The van der Waals surface area contributed by atoms with E-state index in [1.54, 1.807) is 18.3 Å². The summed E-state index contributed by atoms with van der Waals surface area (Å²) in [5.74, 6) is 0. The number of hydrogen-bond donors (Lipinski definition) is 1. The van der Waals surface area contributed by atoms with Crippen molar-refractivity contribution in [1.29, 1.82) is 0 Å². The number of aromatic nitrogens is 2. The Morgan fingerprint density at radius 1 is 0.929 bits per heavy atom. The number of benzene rings is 2. The second-order valence-corrected chi connectivity index (χ2v) is 9.39.